The molecule has 0 bridgehead atoms. The van der Waals surface area contributed by atoms with Crippen molar-refractivity contribution in [2.45, 2.75) is 38.5 Å². The van der Waals surface area contributed by atoms with Crippen molar-refractivity contribution in [1.82, 2.24) is 0 Å². The zero-order valence-corrected chi connectivity index (χ0v) is 11.5. The lowest BCUT2D eigenvalue weighted by Gasteiger charge is -2.12. The lowest BCUT2D eigenvalue weighted by Crippen LogP contribution is -2.24. The van der Waals surface area contributed by atoms with Gasteiger partial charge in [0.05, 0.1) is 23.7 Å². The molecule has 0 radical (unpaired) electrons. The number of carbonyl (C=O) groups is 4. The van der Waals surface area contributed by atoms with Crippen LogP contribution in [0.1, 0.15) is 38.5 Å². The molecule has 0 heterocycles. The van der Waals surface area contributed by atoms with E-state index >= 15 is 0 Å². The molecule has 0 amide bonds. The first-order chi connectivity index (χ1) is 9.88. The van der Waals surface area contributed by atoms with E-state index in [9.17, 15) is 19.2 Å². The molecule has 0 saturated heterocycles. The molecule has 2 rings (SSSR count). The van der Waals surface area contributed by atoms with Crippen molar-refractivity contribution in [2.75, 3.05) is 0 Å². The minimum absolute atomic E-state index is 0.198. The highest BCUT2D eigenvalue weighted by atomic mass is 16.6. The topological polar surface area (TPSA) is 118 Å². The molecule has 116 valence electrons. The van der Waals surface area contributed by atoms with Crippen LogP contribution in [0.25, 0.3) is 0 Å². The second kappa shape index (κ2) is 6.24. The van der Waals surface area contributed by atoms with Gasteiger partial charge in [-0.1, -0.05) is 0 Å². The van der Waals surface area contributed by atoms with Gasteiger partial charge in [0.15, 0.2) is 0 Å². The van der Waals surface area contributed by atoms with Crippen molar-refractivity contribution in [2.24, 2.45) is 23.7 Å². The maximum absolute atomic E-state index is 11.8. The van der Waals surface area contributed by atoms with E-state index in [1.54, 1.807) is 0 Å². The van der Waals surface area contributed by atoms with Crippen LogP contribution in [0.5, 0.6) is 0 Å². The van der Waals surface area contributed by atoms with Gasteiger partial charge < -0.3 is 14.9 Å². The fraction of sp³-hybridized carbons (Fsp3) is 0.714. The number of hydrogen-bond donors (Lipinski definition) is 2. The van der Waals surface area contributed by atoms with Crippen molar-refractivity contribution in [1.29, 1.82) is 0 Å². The molecule has 7 heteroatoms. The number of carboxylic acids is 2. The van der Waals surface area contributed by atoms with Gasteiger partial charge in [0, 0.05) is 0 Å². The second-order valence-electron chi connectivity index (χ2n) is 5.83. The molecule has 2 fully saturated rings. The van der Waals surface area contributed by atoms with E-state index in [0.717, 1.165) is 0 Å². The molecule has 7 nitrogen and oxygen atoms in total. The number of ether oxygens (including phenoxy) is 1. The summed E-state index contributed by atoms with van der Waals surface area (Å²) in [4.78, 5) is 45.3. The Morgan fingerprint density at radius 1 is 0.667 bits per heavy atom. The Morgan fingerprint density at radius 3 is 1.29 bits per heavy atom. The molecule has 2 saturated carbocycles. The Labute approximate surface area is 121 Å². The number of hydrogen-bond acceptors (Lipinski definition) is 5. The molecule has 21 heavy (non-hydrogen) atoms. The predicted molar refractivity (Wildman–Crippen MR) is 68.0 cm³/mol. The van der Waals surface area contributed by atoms with Crippen LogP contribution in [-0.2, 0) is 23.9 Å². The lowest BCUT2D eigenvalue weighted by atomic mass is 10.0. The molecule has 2 aliphatic carbocycles. The van der Waals surface area contributed by atoms with E-state index in [2.05, 4.69) is 0 Å². The number of esters is 2. The first kappa shape index (κ1) is 15.5. The first-order valence-corrected chi connectivity index (χ1v) is 7.09. The van der Waals surface area contributed by atoms with Crippen LogP contribution in [0.4, 0.5) is 0 Å². The maximum atomic E-state index is 11.8. The van der Waals surface area contributed by atoms with E-state index in [0.29, 0.717) is 25.7 Å². The van der Waals surface area contributed by atoms with E-state index in [1.165, 1.54) is 0 Å². The molecule has 0 aliphatic heterocycles. The molecule has 0 spiro atoms. The van der Waals surface area contributed by atoms with Crippen LogP contribution in [-0.4, -0.2) is 34.1 Å². The Hall–Kier alpha value is -1.92. The summed E-state index contributed by atoms with van der Waals surface area (Å²) in [5.74, 6) is -5.43. The maximum Gasteiger partial charge on any atom is 0.316 e. The number of carbonyl (C=O) groups excluding carboxylic acids is 2. The average molecular weight is 298 g/mol. The van der Waals surface area contributed by atoms with E-state index in [4.69, 9.17) is 14.9 Å². The third-order valence-electron chi connectivity index (χ3n) is 4.43. The highest BCUT2D eigenvalue weighted by molar-refractivity contribution is 5.89. The third-order valence-corrected chi connectivity index (χ3v) is 4.43. The molecule has 0 aromatic heterocycles. The van der Waals surface area contributed by atoms with Gasteiger partial charge >= 0.3 is 23.9 Å². The normalized spacial score (nSPS) is 31.8. The van der Waals surface area contributed by atoms with Crippen molar-refractivity contribution in [3.63, 3.8) is 0 Å². The van der Waals surface area contributed by atoms with Gasteiger partial charge in [-0.15, -0.1) is 0 Å². The monoisotopic (exact) mass is 298 g/mol. The average Bonchev–Trinajstić information content (AvgIpc) is 3.08. The highest BCUT2D eigenvalue weighted by Crippen LogP contribution is 2.34. The number of aliphatic carboxylic acids is 2. The third kappa shape index (κ3) is 3.59. The summed E-state index contributed by atoms with van der Waals surface area (Å²) in [6, 6.07) is 0. The second-order valence-corrected chi connectivity index (χ2v) is 5.83. The fourth-order valence-corrected chi connectivity index (χ4v) is 3.11. The van der Waals surface area contributed by atoms with Crippen molar-refractivity contribution < 1.29 is 34.1 Å². The van der Waals surface area contributed by atoms with Crippen LogP contribution in [0.15, 0.2) is 0 Å². The predicted octanol–water partition coefficient (Wildman–Crippen LogP) is 1.06. The summed E-state index contributed by atoms with van der Waals surface area (Å²) >= 11 is 0. The first-order valence-electron chi connectivity index (χ1n) is 7.09. The molecular formula is C14H18O7. The van der Waals surface area contributed by atoms with Crippen molar-refractivity contribution >= 4 is 23.9 Å². The van der Waals surface area contributed by atoms with Crippen LogP contribution in [0, 0.1) is 23.7 Å². The minimum atomic E-state index is -0.934. The lowest BCUT2D eigenvalue weighted by molar-refractivity contribution is -0.165. The van der Waals surface area contributed by atoms with E-state index in [-0.39, 0.29) is 12.8 Å². The SMILES string of the molecule is O=C(O)[C@@H]1CC[C@H](C(=O)OC(=O)[C@@H]2CC[C@H](C(=O)O)C2)C1. The van der Waals surface area contributed by atoms with Crippen LogP contribution in [0.3, 0.4) is 0 Å². The Morgan fingerprint density at radius 2 is 1.00 bits per heavy atom. The van der Waals surface area contributed by atoms with E-state index < -0.39 is 47.5 Å². The summed E-state index contributed by atoms with van der Waals surface area (Å²) in [5.41, 5.74) is 0. The summed E-state index contributed by atoms with van der Waals surface area (Å²) < 4.78 is 4.81. The fourth-order valence-electron chi connectivity index (χ4n) is 3.11. The zero-order chi connectivity index (χ0) is 15.6. The van der Waals surface area contributed by atoms with Crippen molar-refractivity contribution in [3.05, 3.63) is 0 Å². The van der Waals surface area contributed by atoms with Crippen LogP contribution < -0.4 is 0 Å². The molecule has 2 N–H and O–H groups in total. The van der Waals surface area contributed by atoms with Gasteiger partial charge in [-0.2, -0.15) is 0 Å². The molecule has 0 aromatic rings. The molecule has 0 aromatic carbocycles. The van der Waals surface area contributed by atoms with Gasteiger partial charge in [-0.3, -0.25) is 19.2 Å². The van der Waals surface area contributed by atoms with Gasteiger partial charge in [-0.25, -0.2) is 0 Å². The Balaban J connectivity index is 1.82. The largest absolute Gasteiger partial charge is 0.481 e. The minimum Gasteiger partial charge on any atom is -0.481 e. The van der Waals surface area contributed by atoms with Crippen molar-refractivity contribution in [3.8, 4) is 0 Å². The Bertz CT molecular complexity index is 428. The van der Waals surface area contributed by atoms with Gasteiger partial charge in [-0.05, 0) is 38.5 Å². The highest BCUT2D eigenvalue weighted by Gasteiger charge is 2.39. The summed E-state index contributed by atoms with van der Waals surface area (Å²) in [6.45, 7) is 0. The molecule has 2 aliphatic rings. The molecular weight excluding hydrogens is 280 g/mol. The van der Waals surface area contributed by atoms with Gasteiger partial charge in [0.2, 0.25) is 0 Å². The summed E-state index contributed by atoms with van der Waals surface area (Å²) in [6.07, 6.45) is 2.03. The number of rotatable bonds is 4. The van der Waals surface area contributed by atoms with Crippen LogP contribution >= 0.6 is 0 Å². The summed E-state index contributed by atoms with van der Waals surface area (Å²) in [5, 5.41) is 17.7. The van der Waals surface area contributed by atoms with Gasteiger partial charge in [0.1, 0.15) is 0 Å². The molecule has 4 atom stereocenters. The standard InChI is InChI=1S/C14H18O7/c15-11(16)7-1-3-9(5-7)13(19)21-14(20)10-4-2-8(6-10)12(17)18/h7-10H,1-6H2,(H,15,16)(H,17,18)/t7-,8+,9+,10-. The number of carboxylic acid groups (broad SMARTS) is 2. The van der Waals surface area contributed by atoms with Gasteiger partial charge in [0.25, 0.3) is 0 Å². The molecule has 0 unspecified atom stereocenters. The zero-order valence-electron chi connectivity index (χ0n) is 11.5. The quantitative estimate of drug-likeness (QED) is 0.588. The summed E-state index contributed by atoms with van der Waals surface area (Å²) in [7, 11) is 0. The van der Waals surface area contributed by atoms with Crippen LogP contribution in [0.2, 0.25) is 0 Å². The smallest absolute Gasteiger partial charge is 0.316 e. The Kier molecular flexibility index (Phi) is 4.59. The van der Waals surface area contributed by atoms with E-state index in [1.807, 2.05) is 0 Å².